The highest BCUT2D eigenvalue weighted by molar-refractivity contribution is 5.80. The molecule has 0 aliphatic carbocycles. The molecule has 5 aromatic rings. The molecule has 3 aromatic heterocycles. The molecule has 29 heavy (non-hydrogen) atoms. The second kappa shape index (κ2) is 7.27. The number of nitrogens with zero attached hydrogens (tertiary/aromatic N) is 6. The first-order valence-corrected chi connectivity index (χ1v) is 9.56. The number of H-pyrrole nitrogens is 1. The summed E-state index contributed by atoms with van der Waals surface area (Å²) in [5.41, 5.74) is 6.26. The molecule has 7 nitrogen and oxygen atoms in total. The van der Waals surface area contributed by atoms with E-state index in [1.807, 2.05) is 24.3 Å². The Morgan fingerprint density at radius 2 is 1.76 bits per heavy atom. The lowest BCUT2D eigenvalue weighted by Gasteiger charge is -2.10. The fourth-order valence-corrected chi connectivity index (χ4v) is 3.64. The Morgan fingerprint density at radius 3 is 2.52 bits per heavy atom. The third-order valence-electron chi connectivity index (χ3n) is 5.05. The highest BCUT2D eigenvalue weighted by Gasteiger charge is 2.12. The van der Waals surface area contributed by atoms with Crippen LogP contribution in [0, 0.1) is 0 Å². The summed E-state index contributed by atoms with van der Waals surface area (Å²) in [4.78, 5) is 9.05. The number of imidazole rings is 1. The van der Waals surface area contributed by atoms with Gasteiger partial charge in [-0.3, -0.25) is 0 Å². The quantitative estimate of drug-likeness (QED) is 0.499. The number of aryl methyl sites for hydroxylation is 1. The van der Waals surface area contributed by atoms with E-state index in [-0.39, 0.29) is 0 Å². The molecule has 0 spiro atoms. The van der Waals surface area contributed by atoms with Crippen LogP contribution in [0.25, 0.3) is 33.7 Å². The molecular weight excluding hydrogens is 362 g/mol. The van der Waals surface area contributed by atoms with E-state index in [2.05, 4.69) is 78.5 Å². The fourth-order valence-electron chi connectivity index (χ4n) is 3.64. The molecule has 0 bridgehead atoms. The molecule has 0 radical (unpaired) electrons. The molecule has 0 saturated carbocycles. The molecule has 0 amide bonds. The van der Waals surface area contributed by atoms with E-state index in [4.69, 9.17) is 0 Å². The van der Waals surface area contributed by atoms with Gasteiger partial charge < -0.3 is 4.57 Å². The smallest absolute Gasteiger partial charge is 0.180 e. The SMILES string of the molecule is CCc1nc2ncccc2n1Cc1ccc(-c2ccccc2-c2nnn[nH]2)cc1. The van der Waals surface area contributed by atoms with Crippen LogP contribution in [0.4, 0.5) is 0 Å². The summed E-state index contributed by atoms with van der Waals surface area (Å²) in [6.07, 6.45) is 2.66. The van der Waals surface area contributed by atoms with E-state index >= 15 is 0 Å². The van der Waals surface area contributed by atoms with Crippen LogP contribution in [-0.4, -0.2) is 35.2 Å². The number of fused-ring (bicyclic) bond motifs is 1. The first kappa shape index (κ1) is 17.2. The summed E-state index contributed by atoms with van der Waals surface area (Å²) < 4.78 is 2.24. The third kappa shape index (κ3) is 3.16. The summed E-state index contributed by atoms with van der Waals surface area (Å²) in [5.74, 6) is 1.71. The normalized spacial score (nSPS) is 11.2. The van der Waals surface area contributed by atoms with Crippen molar-refractivity contribution in [1.29, 1.82) is 0 Å². The number of nitrogens with one attached hydrogen (secondary N) is 1. The van der Waals surface area contributed by atoms with E-state index in [1.54, 1.807) is 6.20 Å². The molecule has 0 atom stereocenters. The van der Waals surface area contributed by atoms with Gasteiger partial charge in [0.25, 0.3) is 0 Å². The van der Waals surface area contributed by atoms with E-state index in [0.717, 1.165) is 46.6 Å². The average molecular weight is 381 g/mol. The van der Waals surface area contributed by atoms with Crippen LogP contribution < -0.4 is 0 Å². The standard InChI is InChI=1S/C22H19N7/c1-2-20-24-22-19(8-5-13-23-22)29(20)14-15-9-11-16(12-10-15)17-6-3-4-7-18(17)21-25-27-28-26-21/h3-13H,2,14H2,1H3,(H,25,26,27,28). The lowest BCUT2D eigenvalue weighted by molar-refractivity contribution is 0.753. The number of hydrogen-bond donors (Lipinski definition) is 1. The van der Waals surface area contributed by atoms with Gasteiger partial charge in [-0.1, -0.05) is 55.5 Å². The molecule has 3 heterocycles. The number of benzene rings is 2. The Labute approximate surface area is 167 Å². The van der Waals surface area contributed by atoms with Crippen LogP contribution in [0.15, 0.2) is 66.9 Å². The lowest BCUT2D eigenvalue weighted by Crippen LogP contribution is -2.04. The van der Waals surface area contributed by atoms with Gasteiger partial charge in [-0.15, -0.1) is 5.10 Å². The van der Waals surface area contributed by atoms with E-state index in [1.165, 1.54) is 5.56 Å². The van der Waals surface area contributed by atoms with Gasteiger partial charge in [0, 0.05) is 24.7 Å². The molecule has 2 aromatic carbocycles. The number of aromatic nitrogens is 7. The van der Waals surface area contributed by atoms with Crippen LogP contribution in [0.5, 0.6) is 0 Å². The highest BCUT2D eigenvalue weighted by atomic mass is 15.5. The van der Waals surface area contributed by atoms with Gasteiger partial charge in [0.05, 0.1) is 5.52 Å². The minimum Gasteiger partial charge on any atom is -0.322 e. The van der Waals surface area contributed by atoms with Gasteiger partial charge in [0.2, 0.25) is 0 Å². The van der Waals surface area contributed by atoms with Crippen molar-refractivity contribution in [1.82, 2.24) is 35.2 Å². The van der Waals surface area contributed by atoms with Crippen molar-refractivity contribution in [3.05, 3.63) is 78.2 Å². The third-order valence-corrected chi connectivity index (χ3v) is 5.05. The second-order valence-corrected chi connectivity index (χ2v) is 6.81. The minimum atomic E-state index is 0.662. The first-order chi connectivity index (χ1) is 14.3. The van der Waals surface area contributed by atoms with Crippen molar-refractivity contribution in [2.75, 3.05) is 0 Å². The largest absolute Gasteiger partial charge is 0.322 e. The molecule has 5 rings (SSSR count). The molecule has 7 heteroatoms. The van der Waals surface area contributed by atoms with Gasteiger partial charge >= 0.3 is 0 Å². The van der Waals surface area contributed by atoms with Gasteiger partial charge in [0.15, 0.2) is 11.5 Å². The monoisotopic (exact) mass is 381 g/mol. The number of hydrogen-bond acceptors (Lipinski definition) is 5. The second-order valence-electron chi connectivity index (χ2n) is 6.81. The van der Waals surface area contributed by atoms with Gasteiger partial charge in [0.1, 0.15) is 5.82 Å². The van der Waals surface area contributed by atoms with Crippen molar-refractivity contribution in [2.24, 2.45) is 0 Å². The van der Waals surface area contributed by atoms with Crippen molar-refractivity contribution < 1.29 is 0 Å². The highest BCUT2D eigenvalue weighted by Crippen LogP contribution is 2.30. The number of aromatic amines is 1. The number of tetrazole rings is 1. The molecule has 0 saturated heterocycles. The predicted octanol–water partition coefficient (Wildman–Crippen LogP) is 3.89. The topological polar surface area (TPSA) is 85.2 Å². The van der Waals surface area contributed by atoms with Crippen LogP contribution in [-0.2, 0) is 13.0 Å². The van der Waals surface area contributed by atoms with Gasteiger partial charge in [-0.25, -0.2) is 15.1 Å². The van der Waals surface area contributed by atoms with E-state index < -0.39 is 0 Å². The molecule has 0 fully saturated rings. The van der Waals surface area contributed by atoms with Crippen molar-refractivity contribution in [3.8, 4) is 22.5 Å². The van der Waals surface area contributed by atoms with Gasteiger partial charge in [-0.2, -0.15) is 0 Å². The average Bonchev–Trinajstić information content (AvgIpc) is 3.43. The molecule has 0 aliphatic rings. The first-order valence-electron chi connectivity index (χ1n) is 9.56. The Bertz CT molecular complexity index is 1250. The molecule has 142 valence electrons. The lowest BCUT2D eigenvalue weighted by atomic mass is 9.98. The van der Waals surface area contributed by atoms with Crippen LogP contribution >= 0.6 is 0 Å². The number of pyridine rings is 1. The van der Waals surface area contributed by atoms with Crippen LogP contribution in [0.2, 0.25) is 0 Å². The van der Waals surface area contributed by atoms with E-state index in [0.29, 0.717) is 5.82 Å². The zero-order valence-electron chi connectivity index (χ0n) is 15.9. The van der Waals surface area contributed by atoms with Crippen LogP contribution in [0.1, 0.15) is 18.3 Å². The summed E-state index contributed by atoms with van der Waals surface area (Å²) in [6.45, 7) is 2.88. The Balaban J connectivity index is 1.49. The Hall–Kier alpha value is -3.87. The molecule has 1 N–H and O–H groups in total. The summed E-state index contributed by atoms with van der Waals surface area (Å²) in [6, 6.07) is 20.7. The Kier molecular flexibility index (Phi) is 4.32. The van der Waals surface area contributed by atoms with E-state index in [9.17, 15) is 0 Å². The fraction of sp³-hybridized carbons (Fsp3) is 0.136. The Morgan fingerprint density at radius 1 is 0.931 bits per heavy atom. The maximum atomic E-state index is 4.66. The summed E-state index contributed by atoms with van der Waals surface area (Å²) >= 11 is 0. The van der Waals surface area contributed by atoms with Crippen molar-refractivity contribution >= 4 is 11.2 Å². The molecule has 0 unspecified atom stereocenters. The zero-order chi connectivity index (χ0) is 19.6. The van der Waals surface area contributed by atoms with Crippen LogP contribution in [0.3, 0.4) is 0 Å². The maximum absolute atomic E-state index is 4.66. The summed E-state index contributed by atoms with van der Waals surface area (Å²) in [7, 11) is 0. The zero-order valence-corrected chi connectivity index (χ0v) is 15.9. The van der Waals surface area contributed by atoms with Crippen molar-refractivity contribution in [2.45, 2.75) is 19.9 Å². The van der Waals surface area contributed by atoms with Crippen molar-refractivity contribution in [3.63, 3.8) is 0 Å². The minimum absolute atomic E-state index is 0.662. The number of rotatable bonds is 5. The molecule has 0 aliphatic heterocycles. The maximum Gasteiger partial charge on any atom is 0.180 e. The molecular formula is C22H19N7. The van der Waals surface area contributed by atoms with Gasteiger partial charge in [-0.05, 0) is 39.2 Å². The summed E-state index contributed by atoms with van der Waals surface area (Å²) in [5, 5.41) is 14.3. The predicted molar refractivity (Wildman–Crippen MR) is 111 cm³/mol.